The fourth-order valence-electron chi connectivity index (χ4n) is 2.25. The molecule has 0 bridgehead atoms. The number of aryl methyl sites for hydroxylation is 1. The van der Waals surface area contributed by atoms with Crippen molar-refractivity contribution in [2.45, 2.75) is 20.3 Å². The summed E-state index contributed by atoms with van der Waals surface area (Å²) >= 11 is 0. The van der Waals surface area contributed by atoms with E-state index in [0.29, 0.717) is 5.69 Å². The minimum atomic E-state index is -0.738. The van der Waals surface area contributed by atoms with Crippen LogP contribution in [0.5, 0.6) is 0 Å². The molecule has 0 radical (unpaired) electrons. The Kier molecular flexibility index (Phi) is 3.65. The minimum Gasteiger partial charge on any atom is -0.460 e. The quantitative estimate of drug-likeness (QED) is 0.608. The number of amidine groups is 1. The molecule has 2 aliphatic heterocycles. The molecule has 1 aromatic rings. The molecule has 0 atom stereocenters. The number of anilines is 1. The van der Waals surface area contributed by atoms with E-state index in [1.54, 1.807) is 19.1 Å². The molecule has 3 rings (SSSR count). The highest BCUT2D eigenvalue weighted by molar-refractivity contribution is 6.46. The van der Waals surface area contributed by atoms with Gasteiger partial charge in [-0.3, -0.25) is 9.59 Å². The second kappa shape index (κ2) is 5.64. The van der Waals surface area contributed by atoms with Gasteiger partial charge in [0.25, 0.3) is 5.91 Å². The third kappa shape index (κ3) is 2.59. The molecule has 23 heavy (non-hydrogen) atoms. The number of benzene rings is 1. The van der Waals surface area contributed by atoms with E-state index in [0.717, 1.165) is 10.5 Å². The van der Waals surface area contributed by atoms with Gasteiger partial charge in [0, 0.05) is 0 Å². The van der Waals surface area contributed by atoms with E-state index in [2.05, 4.69) is 10.1 Å². The Morgan fingerprint density at radius 1 is 1.26 bits per heavy atom. The Labute approximate surface area is 132 Å². The number of fused-ring (bicyclic) bond motifs is 1. The van der Waals surface area contributed by atoms with Crippen LogP contribution in [-0.4, -0.2) is 41.1 Å². The summed E-state index contributed by atoms with van der Waals surface area (Å²) in [6, 6.07) is 7.23. The summed E-state index contributed by atoms with van der Waals surface area (Å²) in [5, 5.41) is 5.43. The number of amides is 2. The topological polar surface area (TPSA) is 91.6 Å². The highest BCUT2D eigenvalue weighted by atomic mass is 16.5. The number of hydrazone groups is 1. The molecular weight excluding hydrogens is 300 g/mol. The Balaban J connectivity index is 2.07. The smallest absolute Gasteiger partial charge is 0.376 e. The highest BCUT2D eigenvalue weighted by Crippen LogP contribution is 2.25. The van der Waals surface area contributed by atoms with Gasteiger partial charge < -0.3 is 4.74 Å². The Morgan fingerprint density at radius 2 is 1.96 bits per heavy atom. The molecule has 0 saturated carbocycles. The predicted molar refractivity (Wildman–Crippen MR) is 81.6 cm³/mol. The van der Waals surface area contributed by atoms with Gasteiger partial charge in [-0.2, -0.15) is 10.0 Å². The predicted octanol–water partition coefficient (Wildman–Crippen LogP) is 0.807. The van der Waals surface area contributed by atoms with Crippen molar-refractivity contribution in [1.29, 1.82) is 0 Å². The van der Waals surface area contributed by atoms with Gasteiger partial charge in [-0.25, -0.2) is 9.69 Å². The highest BCUT2D eigenvalue weighted by Gasteiger charge is 2.44. The summed E-state index contributed by atoms with van der Waals surface area (Å²) in [6.07, 6.45) is -0.399. The van der Waals surface area contributed by atoms with Crippen molar-refractivity contribution in [2.75, 3.05) is 11.6 Å². The largest absolute Gasteiger partial charge is 0.460 e. The van der Waals surface area contributed by atoms with E-state index >= 15 is 0 Å². The standard InChI is InChI=1S/C15H14N4O4/c1-3-23-14(22)13-17-19(10-6-4-9(2)5-7-10)15-16-11(20)8-12(21)18(13)15/h4-7H,3,8H2,1-2H3. The van der Waals surface area contributed by atoms with E-state index in [-0.39, 0.29) is 18.4 Å². The summed E-state index contributed by atoms with van der Waals surface area (Å²) in [4.78, 5) is 40.7. The van der Waals surface area contributed by atoms with Crippen LogP contribution in [0.1, 0.15) is 18.9 Å². The van der Waals surface area contributed by atoms with Gasteiger partial charge in [0.15, 0.2) is 0 Å². The van der Waals surface area contributed by atoms with Gasteiger partial charge in [-0.1, -0.05) is 17.7 Å². The van der Waals surface area contributed by atoms with Crippen molar-refractivity contribution in [3.63, 3.8) is 0 Å². The number of hydrogen-bond acceptors (Lipinski definition) is 6. The van der Waals surface area contributed by atoms with E-state index in [9.17, 15) is 14.4 Å². The summed E-state index contributed by atoms with van der Waals surface area (Å²) in [5.74, 6) is -2.06. The fourth-order valence-corrected chi connectivity index (χ4v) is 2.25. The van der Waals surface area contributed by atoms with Crippen LogP contribution < -0.4 is 5.01 Å². The monoisotopic (exact) mass is 314 g/mol. The maximum Gasteiger partial charge on any atom is 0.376 e. The van der Waals surface area contributed by atoms with Crippen molar-refractivity contribution < 1.29 is 19.1 Å². The molecule has 118 valence electrons. The molecule has 8 nitrogen and oxygen atoms in total. The maximum atomic E-state index is 12.1. The first-order chi connectivity index (χ1) is 11.0. The van der Waals surface area contributed by atoms with E-state index in [1.807, 2.05) is 19.1 Å². The maximum absolute atomic E-state index is 12.1. The second-order valence-electron chi connectivity index (χ2n) is 5.00. The van der Waals surface area contributed by atoms with Crippen LogP contribution in [0.2, 0.25) is 0 Å². The van der Waals surface area contributed by atoms with Crippen molar-refractivity contribution >= 4 is 35.3 Å². The molecule has 0 N–H and O–H groups in total. The lowest BCUT2D eigenvalue weighted by molar-refractivity contribution is -0.138. The average molecular weight is 314 g/mol. The number of carbonyl (C=O) groups is 3. The summed E-state index contributed by atoms with van der Waals surface area (Å²) in [7, 11) is 0. The van der Waals surface area contributed by atoms with Crippen LogP contribution in [0.4, 0.5) is 5.69 Å². The van der Waals surface area contributed by atoms with Crippen LogP contribution in [0.25, 0.3) is 0 Å². The molecule has 2 heterocycles. The van der Waals surface area contributed by atoms with Gasteiger partial charge in [0.1, 0.15) is 6.42 Å². The zero-order valence-electron chi connectivity index (χ0n) is 12.6. The Bertz CT molecular complexity index is 751. The molecule has 1 aromatic carbocycles. The van der Waals surface area contributed by atoms with Crippen molar-refractivity contribution in [1.82, 2.24) is 4.90 Å². The lowest BCUT2D eigenvalue weighted by atomic mass is 10.2. The number of hydrogen-bond donors (Lipinski definition) is 0. The van der Waals surface area contributed by atoms with Crippen LogP contribution >= 0.6 is 0 Å². The zero-order chi connectivity index (χ0) is 16.6. The van der Waals surface area contributed by atoms with Crippen LogP contribution in [0.3, 0.4) is 0 Å². The van der Waals surface area contributed by atoms with E-state index < -0.39 is 24.2 Å². The number of ether oxygens (including phenoxy) is 1. The average Bonchev–Trinajstić information content (AvgIpc) is 2.88. The van der Waals surface area contributed by atoms with Crippen LogP contribution in [0, 0.1) is 6.92 Å². The first-order valence-electron chi connectivity index (χ1n) is 7.08. The first kappa shape index (κ1) is 14.9. The fraction of sp³-hybridized carbons (Fsp3) is 0.267. The molecule has 0 aromatic heterocycles. The van der Waals surface area contributed by atoms with Crippen molar-refractivity contribution in [3.05, 3.63) is 29.8 Å². The summed E-state index contributed by atoms with van der Waals surface area (Å²) in [5.41, 5.74) is 1.62. The third-order valence-electron chi connectivity index (χ3n) is 3.31. The van der Waals surface area contributed by atoms with Gasteiger partial charge in [0.2, 0.25) is 17.7 Å². The van der Waals surface area contributed by atoms with Gasteiger partial charge >= 0.3 is 5.97 Å². The zero-order valence-corrected chi connectivity index (χ0v) is 12.6. The SMILES string of the molecule is CCOC(=O)C1=NN(c2ccc(C)cc2)C2=NC(=O)CC(=O)N12. The Hall–Kier alpha value is -3.03. The number of rotatable bonds is 3. The van der Waals surface area contributed by atoms with Gasteiger partial charge in [0.05, 0.1) is 12.3 Å². The molecule has 2 amide bonds. The first-order valence-corrected chi connectivity index (χ1v) is 7.08. The second-order valence-corrected chi connectivity index (χ2v) is 5.00. The molecule has 0 saturated heterocycles. The molecule has 0 aliphatic carbocycles. The molecule has 0 unspecified atom stereocenters. The van der Waals surface area contributed by atoms with E-state index in [1.165, 1.54) is 5.01 Å². The number of esters is 1. The molecule has 0 spiro atoms. The molecule has 2 aliphatic rings. The molecular formula is C15H14N4O4. The van der Waals surface area contributed by atoms with Crippen LogP contribution in [-0.2, 0) is 19.1 Å². The summed E-state index contributed by atoms with van der Waals surface area (Å²) < 4.78 is 4.92. The lowest BCUT2D eigenvalue weighted by Crippen LogP contribution is -2.48. The molecule has 0 fully saturated rings. The third-order valence-corrected chi connectivity index (χ3v) is 3.31. The normalized spacial score (nSPS) is 17.0. The molecule has 8 heteroatoms. The van der Waals surface area contributed by atoms with Gasteiger partial charge in [-0.05, 0) is 26.0 Å². The van der Waals surface area contributed by atoms with E-state index in [4.69, 9.17) is 4.74 Å². The minimum absolute atomic E-state index is 0.00171. The van der Waals surface area contributed by atoms with Crippen molar-refractivity contribution in [3.8, 4) is 0 Å². The number of carbonyl (C=O) groups excluding carboxylic acids is 3. The lowest BCUT2D eigenvalue weighted by Gasteiger charge is -2.23. The van der Waals surface area contributed by atoms with Gasteiger partial charge in [-0.15, -0.1) is 5.10 Å². The number of nitrogens with zero attached hydrogens (tertiary/aromatic N) is 4. The Morgan fingerprint density at radius 3 is 2.61 bits per heavy atom. The number of guanidine groups is 1. The van der Waals surface area contributed by atoms with Crippen LogP contribution in [0.15, 0.2) is 34.4 Å². The van der Waals surface area contributed by atoms with Crippen molar-refractivity contribution in [2.24, 2.45) is 10.1 Å². The summed E-state index contributed by atoms with van der Waals surface area (Å²) in [6.45, 7) is 3.73. The number of aliphatic imine (C=N–C) groups is 1.